The number of rotatable bonds is 5. The number of nitrogens with zero attached hydrogens (tertiary/aromatic N) is 3. The summed E-state index contributed by atoms with van der Waals surface area (Å²) in [5.74, 6) is -0.00957. The van der Waals surface area contributed by atoms with Crippen molar-refractivity contribution < 1.29 is 4.79 Å². The molecule has 3 heterocycles. The lowest BCUT2D eigenvalue weighted by atomic mass is 10.1. The van der Waals surface area contributed by atoms with Gasteiger partial charge < -0.3 is 9.88 Å². The lowest BCUT2D eigenvalue weighted by molar-refractivity contribution is -0.120. The van der Waals surface area contributed by atoms with E-state index in [1.807, 2.05) is 36.5 Å². The summed E-state index contributed by atoms with van der Waals surface area (Å²) in [5, 5.41) is 3.95. The van der Waals surface area contributed by atoms with Crippen molar-refractivity contribution in [1.82, 2.24) is 19.9 Å². The average molecular weight is 294 g/mol. The molecule has 0 aromatic carbocycles. The number of pyridine rings is 2. The molecule has 0 saturated carbocycles. The van der Waals surface area contributed by atoms with E-state index in [0.717, 1.165) is 28.8 Å². The summed E-state index contributed by atoms with van der Waals surface area (Å²) in [6.07, 6.45) is 5.86. The summed E-state index contributed by atoms with van der Waals surface area (Å²) in [7, 11) is 0. The van der Waals surface area contributed by atoms with E-state index >= 15 is 0 Å². The molecule has 0 spiro atoms. The SMILES string of the molecule is CCn1cc(CC(=O)NCc2ccccn2)c2cccnc21. The Morgan fingerprint density at radius 3 is 2.82 bits per heavy atom. The minimum atomic E-state index is -0.00957. The molecule has 0 aliphatic heterocycles. The van der Waals surface area contributed by atoms with Gasteiger partial charge in [-0.15, -0.1) is 0 Å². The first-order valence-corrected chi connectivity index (χ1v) is 7.37. The van der Waals surface area contributed by atoms with Crippen molar-refractivity contribution in [3.8, 4) is 0 Å². The van der Waals surface area contributed by atoms with Crippen LogP contribution in [0.25, 0.3) is 11.0 Å². The molecule has 3 aromatic rings. The molecule has 0 aliphatic rings. The highest BCUT2D eigenvalue weighted by molar-refractivity contribution is 5.87. The molecule has 0 atom stereocenters. The molecule has 0 fully saturated rings. The summed E-state index contributed by atoms with van der Waals surface area (Å²) in [4.78, 5) is 20.7. The molecule has 5 heteroatoms. The van der Waals surface area contributed by atoms with Crippen LogP contribution in [0.1, 0.15) is 18.2 Å². The van der Waals surface area contributed by atoms with Crippen molar-refractivity contribution >= 4 is 16.9 Å². The van der Waals surface area contributed by atoms with Gasteiger partial charge in [-0.2, -0.15) is 0 Å². The molecule has 1 amide bonds. The summed E-state index contributed by atoms with van der Waals surface area (Å²) >= 11 is 0. The van der Waals surface area contributed by atoms with E-state index in [0.29, 0.717) is 13.0 Å². The highest BCUT2D eigenvalue weighted by atomic mass is 16.1. The zero-order valence-corrected chi connectivity index (χ0v) is 12.5. The van der Waals surface area contributed by atoms with Crippen LogP contribution in [0.4, 0.5) is 0 Å². The van der Waals surface area contributed by atoms with E-state index in [9.17, 15) is 4.79 Å². The van der Waals surface area contributed by atoms with Gasteiger partial charge in [0.25, 0.3) is 0 Å². The Hall–Kier alpha value is -2.69. The van der Waals surface area contributed by atoms with Gasteiger partial charge in [0.05, 0.1) is 18.7 Å². The first-order chi connectivity index (χ1) is 10.8. The Balaban J connectivity index is 1.71. The predicted molar refractivity (Wildman–Crippen MR) is 85.2 cm³/mol. The Bertz CT molecular complexity index is 780. The number of hydrogen-bond donors (Lipinski definition) is 1. The van der Waals surface area contributed by atoms with E-state index in [2.05, 4.69) is 26.8 Å². The number of hydrogen-bond acceptors (Lipinski definition) is 3. The van der Waals surface area contributed by atoms with Gasteiger partial charge in [0, 0.05) is 30.5 Å². The number of amides is 1. The minimum Gasteiger partial charge on any atom is -0.350 e. The highest BCUT2D eigenvalue weighted by Crippen LogP contribution is 2.19. The normalized spacial score (nSPS) is 10.8. The summed E-state index contributed by atoms with van der Waals surface area (Å²) in [6.45, 7) is 3.35. The fourth-order valence-corrected chi connectivity index (χ4v) is 2.50. The van der Waals surface area contributed by atoms with Crippen molar-refractivity contribution in [3.63, 3.8) is 0 Å². The van der Waals surface area contributed by atoms with Gasteiger partial charge in [0.15, 0.2) is 0 Å². The number of nitrogens with one attached hydrogen (secondary N) is 1. The first kappa shape index (κ1) is 14.3. The maximum absolute atomic E-state index is 12.2. The van der Waals surface area contributed by atoms with E-state index in [-0.39, 0.29) is 5.91 Å². The maximum atomic E-state index is 12.2. The van der Waals surface area contributed by atoms with Crippen molar-refractivity contribution in [2.75, 3.05) is 0 Å². The monoisotopic (exact) mass is 294 g/mol. The lowest BCUT2D eigenvalue weighted by Gasteiger charge is -2.04. The van der Waals surface area contributed by atoms with Gasteiger partial charge in [0.2, 0.25) is 5.91 Å². The Kier molecular flexibility index (Phi) is 4.14. The van der Waals surface area contributed by atoms with Crippen molar-refractivity contribution in [2.24, 2.45) is 0 Å². The van der Waals surface area contributed by atoms with Gasteiger partial charge in [-0.3, -0.25) is 9.78 Å². The maximum Gasteiger partial charge on any atom is 0.224 e. The third-order valence-corrected chi connectivity index (χ3v) is 3.60. The van der Waals surface area contributed by atoms with Crippen LogP contribution in [-0.2, 0) is 24.3 Å². The minimum absolute atomic E-state index is 0.00957. The Labute approximate surface area is 129 Å². The lowest BCUT2D eigenvalue weighted by Crippen LogP contribution is -2.24. The molecule has 0 unspecified atom stereocenters. The second-order valence-corrected chi connectivity index (χ2v) is 5.09. The summed E-state index contributed by atoms with van der Waals surface area (Å²) < 4.78 is 2.07. The third kappa shape index (κ3) is 2.98. The zero-order chi connectivity index (χ0) is 15.4. The van der Waals surface area contributed by atoms with E-state index < -0.39 is 0 Å². The van der Waals surface area contributed by atoms with Gasteiger partial charge in [0.1, 0.15) is 5.65 Å². The first-order valence-electron chi connectivity index (χ1n) is 7.37. The number of fused-ring (bicyclic) bond motifs is 1. The molecular weight excluding hydrogens is 276 g/mol. The second-order valence-electron chi connectivity index (χ2n) is 5.09. The van der Waals surface area contributed by atoms with Crippen LogP contribution in [-0.4, -0.2) is 20.4 Å². The third-order valence-electron chi connectivity index (χ3n) is 3.60. The molecule has 0 saturated heterocycles. The van der Waals surface area contributed by atoms with Gasteiger partial charge in [-0.05, 0) is 36.8 Å². The van der Waals surface area contributed by atoms with E-state index in [1.165, 1.54) is 0 Å². The number of aryl methyl sites for hydroxylation is 1. The van der Waals surface area contributed by atoms with E-state index in [1.54, 1.807) is 12.4 Å². The summed E-state index contributed by atoms with van der Waals surface area (Å²) in [6, 6.07) is 9.58. The van der Waals surface area contributed by atoms with Crippen molar-refractivity contribution in [1.29, 1.82) is 0 Å². The molecule has 0 radical (unpaired) electrons. The van der Waals surface area contributed by atoms with Gasteiger partial charge >= 0.3 is 0 Å². The molecule has 0 aliphatic carbocycles. The molecule has 22 heavy (non-hydrogen) atoms. The van der Waals surface area contributed by atoms with Crippen LogP contribution >= 0.6 is 0 Å². The second kappa shape index (κ2) is 6.39. The number of carbonyl (C=O) groups excluding carboxylic acids is 1. The molecular formula is C17H18N4O. The van der Waals surface area contributed by atoms with Crippen LogP contribution < -0.4 is 5.32 Å². The highest BCUT2D eigenvalue weighted by Gasteiger charge is 2.11. The molecule has 0 bridgehead atoms. The average Bonchev–Trinajstić information content (AvgIpc) is 2.92. The van der Waals surface area contributed by atoms with Gasteiger partial charge in [-0.25, -0.2) is 4.98 Å². The van der Waals surface area contributed by atoms with E-state index in [4.69, 9.17) is 0 Å². The summed E-state index contributed by atoms with van der Waals surface area (Å²) in [5.41, 5.74) is 2.79. The molecule has 5 nitrogen and oxygen atoms in total. The predicted octanol–water partition coefficient (Wildman–Crippen LogP) is 2.31. The standard InChI is InChI=1S/C17H18N4O/c1-2-21-12-13(15-7-5-9-19-17(15)21)10-16(22)20-11-14-6-3-4-8-18-14/h3-9,12H,2,10-11H2,1H3,(H,20,22). The molecule has 1 N–H and O–H groups in total. The Morgan fingerprint density at radius 2 is 2.05 bits per heavy atom. The fraction of sp³-hybridized carbons (Fsp3) is 0.235. The van der Waals surface area contributed by atoms with Crippen LogP contribution in [0.5, 0.6) is 0 Å². The number of carbonyl (C=O) groups is 1. The van der Waals surface area contributed by atoms with Crippen LogP contribution in [0.3, 0.4) is 0 Å². The van der Waals surface area contributed by atoms with Crippen LogP contribution in [0.2, 0.25) is 0 Å². The smallest absolute Gasteiger partial charge is 0.224 e. The fourth-order valence-electron chi connectivity index (χ4n) is 2.50. The van der Waals surface area contributed by atoms with Crippen molar-refractivity contribution in [2.45, 2.75) is 26.4 Å². The van der Waals surface area contributed by atoms with Gasteiger partial charge in [-0.1, -0.05) is 6.07 Å². The molecule has 112 valence electrons. The molecule has 3 aromatic heterocycles. The topological polar surface area (TPSA) is 59.8 Å². The van der Waals surface area contributed by atoms with Crippen molar-refractivity contribution in [3.05, 3.63) is 60.2 Å². The number of aromatic nitrogens is 3. The zero-order valence-electron chi connectivity index (χ0n) is 12.5. The Morgan fingerprint density at radius 1 is 1.18 bits per heavy atom. The molecule has 3 rings (SSSR count). The van der Waals surface area contributed by atoms with Crippen LogP contribution in [0, 0.1) is 0 Å². The quantitative estimate of drug-likeness (QED) is 0.785. The van der Waals surface area contributed by atoms with Crippen LogP contribution in [0.15, 0.2) is 48.9 Å². The largest absolute Gasteiger partial charge is 0.350 e.